The van der Waals surface area contributed by atoms with E-state index in [-0.39, 0.29) is 18.6 Å². The van der Waals surface area contributed by atoms with Crippen LogP contribution in [0, 0.1) is 0 Å². The Hall–Kier alpha value is -0.510. The topological polar surface area (TPSA) is 20.3 Å². The molecule has 0 unspecified atom stereocenters. The number of alkyl halides is 2. The molecule has 13 heavy (non-hydrogen) atoms. The van der Waals surface area contributed by atoms with Gasteiger partial charge in [0, 0.05) is 38.9 Å². The molecule has 0 aliphatic carbocycles. The molecule has 0 saturated carbocycles. The zero-order valence-corrected chi connectivity index (χ0v) is 7.85. The van der Waals surface area contributed by atoms with E-state index < -0.39 is 5.92 Å². The van der Waals surface area contributed by atoms with Gasteiger partial charge in [-0.25, -0.2) is 8.78 Å². The standard InChI is InChI=1S/C9H15F2NO/c1-8(13)2-5-12-6-3-9(10,11)4-7-12/h2-7H2,1H3. The lowest BCUT2D eigenvalue weighted by molar-refractivity contribution is -0.117. The lowest BCUT2D eigenvalue weighted by Gasteiger charge is -2.31. The summed E-state index contributed by atoms with van der Waals surface area (Å²) in [6, 6.07) is 0. The number of ketones is 1. The second kappa shape index (κ2) is 4.13. The van der Waals surface area contributed by atoms with Gasteiger partial charge < -0.3 is 4.90 Å². The van der Waals surface area contributed by atoms with Gasteiger partial charge in [0.05, 0.1) is 0 Å². The molecular formula is C9H15F2NO. The van der Waals surface area contributed by atoms with Crippen molar-refractivity contribution in [1.82, 2.24) is 4.90 Å². The van der Waals surface area contributed by atoms with Crippen LogP contribution >= 0.6 is 0 Å². The molecular weight excluding hydrogens is 176 g/mol. The fourth-order valence-corrected chi connectivity index (χ4v) is 1.42. The van der Waals surface area contributed by atoms with E-state index in [0.717, 1.165) is 0 Å². The number of rotatable bonds is 3. The summed E-state index contributed by atoms with van der Waals surface area (Å²) in [6.07, 6.45) is 0.349. The summed E-state index contributed by atoms with van der Waals surface area (Å²) in [5.41, 5.74) is 0. The fourth-order valence-electron chi connectivity index (χ4n) is 1.42. The van der Waals surface area contributed by atoms with E-state index in [1.54, 1.807) is 0 Å². The van der Waals surface area contributed by atoms with Gasteiger partial charge in [-0.3, -0.25) is 4.79 Å². The Balaban J connectivity index is 2.21. The van der Waals surface area contributed by atoms with Gasteiger partial charge in [-0.1, -0.05) is 0 Å². The molecule has 0 atom stereocenters. The molecule has 1 saturated heterocycles. The van der Waals surface area contributed by atoms with Crippen molar-refractivity contribution in [3.63, 3.8) is 0 Å². The second-order valence-corrected chi connectivity index (χ2v) is 3.65. The first-order chi connectivity index (χ1) is 5.99. The van der Waals surface area contributed by atoms with E-state index in [4.69, 9.17) is 0 Å². The molecule has 0 spiro atoms. The van der Waals surface area contributed by atoms with Crippen LogP contribution in [0.1, 0.15) is 26.2 Å². The van der Waals surface area contributed by atoms with Crippen LogP contribution in [0.2, 0.25) is 0 Å². The highest BCUT2D eigenvalue weighted by Gasteiger charge is 2.33. The van der Waals surface area contributed by atoms with Gasteiger partial charge in [0.15, 0.2) is 0 Å². The summed E-state index contributed by atoms with van der Waals surface area (Å²) in [5.74, 6) is -2.36. The van der Waals surface area contributed by atoms with E-state index in [0.29, 0.717) is 26.1 Å². The van der Waals surface area contributed by atoms with Crippen molar-refractivity contribution in [2.75, 3.05) is 19.6 Å². The van der Waals surface area contributed by atoms with Crippen molar-refractivity contribution in [3.8, 4) is 0 Å². The average molecular weight is 191 g/mol. The summed E-state index contributed by atoms with van der Waals surface area (Å²) in [5, 5.41) is 0. The molecule has 0 bridgehead atoms. The zero-order chi connectivity index (χ0) is 9.90. The van der Waals surface area contributed by atoms with Crippen molar-refractivity contribution < 1.29 is 13.6 Å². The van der Waals surface area contributed by atoms with Gasteiger partial charge in [0.2, 0.25) is 0 Å². The minimum Gasteiger partial charge on any atom is -0.302 e. The first-order valence-electron chi connectivity index (χ1n) is 4.59. The van der Waals surface area contributed by atoms with Crippen molar-refractivity contribution in [1.29, 1.82) is 0 Å². The number of likely N-dealkylation sites (tertiary alicyclic amines) is 1. The molecule has 0 radical (unpaired) electrons. The molecule has 0 aromatic rings. The SMILES string of the molecule is CC(=O)CCN1CCC(F)(F)CC1. The normalized spacial score (nSPS) is 23.0. The van der Waals surface area contributed by atoms with Crippen LogP contribution in [0.15, 0.2) is 0 Å². The van der Waals surface area contributed by atoms with Crippen LogP contribution in [-0.2, 0) is 4.79 Å². The van der Waals surface area contributed by atoms with Crippen molar-refractivity contribution >= 4 is 5.78 Å². The molecule has 2 nitrogen and oxygen atoms in total. The predicted molar refractivity (Wildman–Crippen MR) is 45.9 cm³/mol. The number of Topliss-reactive ketones (excluding diaryl/α,β-unsaturated/α-hetero) is 1. The number of carbonyl (C=O) groups is 1. The van der Waals surface area contributed by atoms with Crippen LogP contribution in [0.4, 0.5) is 8.78 Å². The number of carbonyl (C=O) groups excluding carboxylic acids is 1. The Morgan fingerprint density at radius 3 is 2.38 bits per heavy atom. The molecule has 0 aromatic carbocycles. The third kappa shape index (κ3) is 3.81. The molecule has 4 heteroatoms. The molecule has 1 fully saturated rings. The number of halogens is 2. The lowest BCUT2D eigenvalue weighted by Crippen LogP contribution is -2.40. The number of piperidine rings is 1. The summed E-state index contributed by atoms with van der Waals surface area (Å²) >= 11 is 0. The number of nitrogens with zero attached hydrogens (tertiary/aromatic N) is 1. The quantitative estimate of drug-likeness (QED) is 0.676. The minimum absolute atomic E-state index is 0.0646. The van der Waals surface area contributed by atoms with Crippen LogP contribution in [0.25, 0.3) is 0 Å². The Labute approximate surface area is 76.9 Å². The van der Waals surface area contributed by atoms with Crippen LogP contribution in [-0.4, -0.2) is 36.2 Å². The molecule has 1 aliphatic rings. The summed E-state index contributed by atoms with van der Waals surface area (Å²) < 4.78 is 25.4. The number of hydrogen-bond donors (Lipinski definition) is 0. The average Bonchev–Trinajstić information content (AvgIpc) is 2.02. The van der Waals surface area contributed by atoms with Crippen LogP contribution < -0.4 is 0 Å². The monoisotopic (exact) mass is 191 g/mol. The maximum Gasteiger partial charge on any atom is 0.250 e. The molecule has 1 rings (SSSR count). The minimum atomic E-state index is -2.48. The van der Waals surface area contributed by atoms with Crippen LogP contribution in [0.5, 0.6) is 0 Å². The highest BCUT2D eigenvalue weighted by Crippen LogP contribution is 2.27. The summed E-state index contributed by atoms with van der Waals surface area (Å²) in [7, 11) is 0. The van der Waals surface area contributed by atoms with E-state index in [1.165, 1.54) is 6.92 Å². The largest absolute Gasteiger partial charge is 0.302 e. The predicted octanol–water partition coefficient (Wildman–Crippen LogP) is 1.70. The Morgan fingerprint density at radius 1 is 1.38 bits per heavy atom. The third-order valence-corrected chi connectivity index (χ3v) is 2.37. The lowest BCUT2D eigenvalue weighted by atomic mass is 10.1. The summed E-state index contributed by atoms with van der Waals surface area (Å²) in [4.78, 5) is 12.6. The van der Waals surface area contributed by atoms with Crippen LogP contribution in [0.3, 0.4) is 0 Å². The van der Waals surface area contributed by atoms with E-state index >= 15 is 0 Å². The van der Waals surface area contributed by atoms with E-state index in [2.05, 4.69) is 0 Å². The maximum absolute atomic E-state index is 12.7. The van der Waals surface area contributed by atoms with Gasteiger partial charge in [-0.15, -0.1) is 0 Å². The fraction of sp³-hybridized carbons (Fsp3) is 0.889. The van der Waals surface area contributed by atoms with Gasteiger partial charge in [0.25, 0.3) is 5.92 Å². The Bertz CT molecular complexity index is 184. The first kappa shape index (κ1) is 10.6. The second-order valence-electron chi connectivity index (χ2n) is 3.65. The highest BCUT2D eigenvalue weighted by molar-refractivity contribution is 5.75. The number of hydrogen-bond acceptors (Lipinski definition) is 2. The van der Waals surface area contributed by atoms with Gasteiger partial charge in [-0.05, 0) is 6.92 Å². The smallest absolute Gasteiger partial charge is 0.250 e. The van der Waals surface area contributed by atoms with E-state index in [1.807, 2.05) is 4.90 Å². The molecule has 0 aromatic heterocycles. The highest BCUT2D eigenvalue weighted by atomic mass is 19.3. The first-order valence-corrected chi connectivity index (χ1v) is 4.59. The van der Waals surface area contributed by atoms with Crippen molar-refractivity contribution in [2.45, 2.75) is 32.1 Å². The summed E-state index contributed by atoms with van der Waals surface area (Å²) in [6.45, 7) is 2.99. The zero-order valence-electron chi connectivity index (χ0n) is 7.85. The van der Waals surface area contributed by atoms with Gasteiger partial charge in [-0.2, -0.15) is 0 Å². The Morgan fingerprint density at radius 2 is 1.92 bits per heavy atom. The molecule has 1 heterocycles. The third-order valence-electron chi connectivity index (χ3n) is 2.37. The molecule has 1 aliphatic heterocycles. The maximum atomic E-state index is 12.7. The van der Waals surface area contributed by atoms with Crippen molar-refractivity contribution in [3.05, 3.63) is 0 Å². The van der Waals surface area contributed by atoms with Gasteiger partial charge in [0.1, 0.15) is 5.78 Å². The molecule has 76 valence electrons. The van der Waals surface area contributed by atoms with E-state index in [9.17, 15) is 13.6 Å². The van der Waals surface area contributed by atoms with Gasteiger partial charge >= 0.3 is 0 Å². The molecule has 0 amide bonds. The Kier molecular flexibility index (Phi) is 3.36. The van der Waals surface area contributed by atoms with Crippen molar-refractivity contribution in [2.24, 2.45) is 0 Å². The molecule has 0 N–H and O–H groups in total.